The summed E-state index contributed by atoms with van der Waals surface area (Å²) in [5.74, 6) is 2.80. The van der Waals surface area contributed by atoms with Crippen molar-refractivity contribution < 1.29 is 0 Å². The summed E-state index contributed by atoms with van der Waals surface area (Å²) in [4.78, 5) is 11.1. The molecule has 1 aliphatic heterocycles. The third-order valence-electron chi connectivity index (χ3n) is 3.09. The van der Waals surface area contributed by atoms with Crippen LogP contribution in [0.4, 0.5) is 11.8 Å². The molecule has 0 bridgehead atoms. The Morgan fingerprint density at radius 3 is 2.94 bits per heavy atom. The fourth-order valence-electron chi connectivity index (χ4n) is 1.93. The fourth-order valence-corrected chi connectivity index (χ4v) is 3.47. The quantitative estimate of drug-likeness (QED) is 0.902. The summed E-state index contributed by atoms with van der Waals surface area (Å²) in [6, 6.07) is 0. The Balaban J connectivity index is 2.20. The maximum atomic E-state index is 4.55. The van der Waals surface area contributed by atoms with E-state index in [1.165, 1.54) is 6.42 Å². The van der Waals surface area contributed by atoms with Crippen molar-refractivity contribution in [2.45, 2.75) is 25.0 Å². The Kier molecular flexibility index (Phi) is 4.37. The number of hydrogen-bond acceptors (Lipinski definition) is 5. The Morgan fingerprint density at radius 2 is 2.22 bits per heavy atom. The van der Waals surface area contributed by atoms with Crippen LogP contribution in [0.2, 0.25) is 0 Å². The van der Waals surface area contributed by atoms with Crippen LogP contribution >= 0.6 is 27.7 Å². The van der Waals surface area contributed by atoms with Gasteiger partial charge in [-0.3, -0.25) is 0 Å². The summed E-state index contributed by atoms with van der Waals surface area (Å²) in [5, 5.41) is 2.99. The van der Waals surface area contributed by atoms with Crippen molar-refractivity contribution in [3.05, 3.63) is 10.7 Å². The van der Waals surface area contributed by atoms with Crippen molar-refractivity contribution in [2.75, 3.05) is 36.1 Å². The van der Waals surface area contributed by atoms with Crippen LogP contribution in [0.3, 0.4) is 0 Å². The summed E-state index contributed by atoms with van der Waals surface area (Å²) in [6.45, 7) is 6.70. The molecule has 2 heterocycles. The lowest BCUT2D eigenvalue weighted by Gasteiger charge is -2.24. The van der Waals surface area contributed by atoms with Crippen LogP contribution in [0.25, 0.3) is 0 Å². The second-order valence-corrected chi connectivity index (χ2v) is 7.62. The fraction of sp³-hybridized carbons (Fsp3) is 0.667. The zero-order chi connectivity index (χ0) is 13.2. The highest BCUT2D eigenvalue weighted by Crippen LogP contribution is 2.33. The molecule has 0 spiro atoms. The molecule has 1 aliphatic rings. The van der Waals surface area contributed by atoms with E-state index in [1.807, 2.05) is 25.0 Å². The molecule has 18 heavy (non-hydrogen) atoms. The molecular weight excluding hydrogens is 312 g/mol. The van der Waals surface area contributed by atoms with E-state index in [1.54, 1.807) is 0 Å². The van der Waals surface area contributed by atoms with Gasteiger partial charge in [-0.15, -0.1) is 0 Å². The van der Waals surface area contributed by atoms with E-state index in [9.17, 15) is 0 Å². The molecule has 1 aromatic rings. The predicted octanol–water partition coefficient (Wildman–Crippen LogP) is 3.00. The second kappa shape index (κ2) is 5.65. The molecule has 0 amide bonds. The molecular formula is C12H19BrN4S. The van der Waals surface area contributed by atoms with Crippen molar-refractivity contribution in [1.29, 1.82) is 0 Å². The van der Waals surface area contributed by atoms with Crippen molar-refractivity contribution in [3.63, 3.8) is 0 Å². The minimum absolute atomic E-state index is 0.361. The van der Waals surface area contributed by atoms with E-state index in [0.717, 1.165) is 29.1 Å². The molecule has 0 radical (unpaired) electrons. The lowest BCUT2D eigenvalue weighted by Crippen LogP contribution is -2.28. The van der Waals surface area contributed by atoms with Crippen molar-refractivity contribution in [3.8, 4) is 0 Å². The standard InChI is InChI=1S/C12H19BrN4S/c1-12(2)4-5-17(6-7-18-12)10-9(13)8-15-11(14-3)16-10/h8H,4-7H2,1-3H3,(H,14,15,16). The number of anilines is 2. The maximum Gasteiger partial charge on any atom is 0.224 e. The predicted molar refractivity (Wildman–Crippen MR) is 82.6 cm³/mol. The van der Waals surface area contributed by atoms with Gasteiger partial charge < -0.3 is 10.2 Å². The third kappa shape index (κ3) is 3.29. The van der Waals surface area contributed by atoms with Gasteiger partial charge in [-0.05, 0) is 22.4 Å². The largest absolute Gasteiger partial charge is 0.357 e. The van der Waals surface area contributed by atoms with Crippen molar-refractivity contribution >= 4 is 39.5 Å². The number of nitrogens with zero attached hydrogens (tertiary/aromatic N) is 3. The van der Waals surface area contributed by atoms with Crippen LogP contribution in [0, 0.1) is 0 Å². The Bertz CT molecular complexity index is 425. The lowest BCUT2D eigenvalue weighted by molar-refractivity contribution is 0.634. The van der Waals surface area contributed by atoms with Crippen LogP contribution in [0.1, 0.15) is 20.3 Å². The highest BCUT2D eigenvalue weighted by Gasteiger charge is 2.25. The van der Waals surface area contributed by atoms with Crippen LogP contribution in [-0.2, 0) is 0 Å². The van der Waals surface area contributed by atoms with Crippen LogP contribution in [-0.4, -0.2) is 40.6 Å². The minimum Gasteiger partial charge on any atom is -0.357 e. The minimum atomic E-state index is 0.361. The first-order valence-corrected chi connectivity index (χ1v) is 7.89. The summed E-state index contributed by atoms with van der Waals surface area (Å²) in [7, 11) is 1.84. The Labute approximate surface area is 121 Å². The molecule has 0 atom stereocenters. The summed E-state index contributed by atoms with van der Waals surface area (Å²) in [6.07, 6.45) is 2.99. The molecule has 0 aliphatic carbocycles. The van der Waals surface area contributed by atoms with E-state index in [4.69, 9.17) is 0 Å². The smallest absolute Gasteiger partial charge is 0.224 e. The first-order chi connectivity index (χ1) is 8.52. The molecule has 0 unspecified atom stereocenters. The van der Waals surface area contributed by atoms with Gasteiger partial charge in [-0.2, -0.15) is 16.7 Å². The summed E-state index contributed by atoms with van der Waals surface area (Å²) in [5.41, 5.74) is 0. The molecule has 1 fully saturated rings. The van der Waals surface area contributed by atoms with Gasteiger partial charge in [0.25, 0.3) is 0 Å². The first kappa shape index (κ1) is 13.9. The van der Waals surface area contributed by atoms with Crippen LogP contribution in [0.15, 0.2) is 10.7 Å². The van der Waals surface area contributed by atoms with E-state index >= 15 is 0 Å². The molecule has 2 rings (SSSR count). The number of hydrogen-bond donors (Lipinski definition) is 1. The Morgan fingerprint density at radius 1 is 1.44 bits per heavy atom. The molecule has 0 aromatic carbocycles. The Hall–Kier alpha value is -0.490. The third-order valence-corrected chi connectivity index (χ3v) is 5.02. The summed E-state index contributed by atoms with van der Waals surface area (Å²) < 4.78 is 1.33. The van der Waals surface area contributed by atoms with Crippen molar-refractivity contribution in [1.82, 2.24) is 9.97 Å². The normalized spacial score (nSPS) is 19.4. The van der Waals surface area contributed by atoms with E-state index < -0.39 is 0 Å². The van der Waals surface area contributed by atoms with E-state index in [-0.39, 0.29) is 0 Å². The second-order valence-electron chi connectivity index (χ2n) is 4.96. The average Bonchev–Trinajstić information content (AvgIpc) is 2.51. The topological polar surface area (TPSA) is 41.1 Å². The van der Waals surface area contributed by atoms with E-state index in [0.29, 0.717) is 10.7 Å². The number of halogens is 1. The average molecular weight is 331 g/mol. The highest BCUT2D eigenvalue weighted by molar-refractivity contribution is 9.10. The van der Waals surface area contributed by atoms with Gasteiger partial charge in [-0.1, -0.05) is 13.8 Å². The first-order valence-electron chi connectivity index (χ1n) is 6.11. The maximum absolute atomic E-state index is 4.55. The number of nitrogens with one attached hydrogen (secondary N) is 1. The zero-order valence-electron chi connectivity index (χ0n) is 11.0. The molecule has 6 heteroatoms. The lowest BCUT2D eigenvalue weighted by atomic mass is 10.1. The molecule has 1 aromatic heterocycles. The van der Waals surface area contributed by atoms with Gasteiger partial charge in [0, 0.05) is 36.8 Å². The molecule has 100 valence electrons. The van der Waals surface area contributed by atoms with E-state index in [2.05, 4.69) is 50.0 Å². The monoisotopic (exact) mass is 330 g/mol. The van der Waals surface area contributed by atoms with Gasteiger partial charge in [0.2, 0.25) is 5.95 Å². The molecule has 1 saturated heterocycles. The van der Waals surface area contributed by atoms with Gasteiger partial charge in [0.05, 0.1) is 4.47 Å². The highest BCUT2D eigenvalue weighted by atomic mass is 79.9. The molecule has 1 N–H and O–H groups in total. The van der Waals surface area contributed by atoms with Gasteiger partial charge >= 0.3 is 0 Å². The van der Waals surface area contributed by atoms with Crippen LogP contribution < -0.4 is 10.2 Å². The number of aromatic nitrogens is 2. The SMILES string of the molecule is CNc1ncc(Br)c(N2CCSC(C)(C)CC2)n1. The van der Waals surface area contributed by atoms with Gasteiger partial charge in [-0.25, -0.2) is 4.98 Å². The van der Waals surface area contributed by atoms with Crippen LogP contribution in [0.5, 0.6) is 0 Å². The number of rotatable bonds is 2. The zero-order valence-corrected chi connectivity index (χ0v) is 13.4. The van der Waals surface area contributed by atoms with Gasteiger partial charge in [0.1, 0.15) is 5.82 Å². The van der Waals surface area contributed by atoms with Gasteiger partial charge in [0.15, 0.2) is 0 Å². The molecule has 0 saturated carbocycles. The summed E-state index contributed by atoms with van der Waals surface area (Å²) >= 11 is 5.59. The van der Waals surface area contributed by atoms with Crippen molar-refractivity contribution in [2.24, 2.45) is 0 Å². The molecule has 4 nitrogen and oxygen atoms in total. The number of thioether (sulfide) groups is 1.